The summed E-state index contributed by atoms with van der Waals surface area (Å²) >= 11 is 5.80. The van der Waals surface area contributed by atoms with Gasteiger partial charge >= 0.3 is 6.01 Å². The fourth-order valence-corrected chi connectivity index (χ4v) is 1.49. The van der Waals surface area contributed by atoms with Crippen LogP contribution < -0.4 is 9.64 Å². The van der Waals surface area contributed by atoms with E-state index in [9.17, 15) is 0 Å². The van der Waals surface area contributed by atoms with Crippen LogP contribution in [0.1, 0.15) is 20.8 Å². The Hall–Kier alpha value is -1.14. The van der Waals surface area contributed by atoms with Crippen LogP contribution in [0.2, 0.25) is 5.28 Å². The van der Waals surface area contributed by atoms with Gasteiger partial charge in [-0.3, -0.25) is 0 Å². The van der Waals surface area contributed by atoms with E-state index in [1.54, 1.807) is 0 Å². The Morgan fingerprint density at radius 2 is 2.06 bits per heavy atom. The minimum absolute atomic E-state index is 0.0193. The van der Waals surface area contributed by atoms with Gasteiger partial charge in [0.1, 0.15) is 0 Å². The van der Waals surface area contributed by atoms with Crippen LogP contribution in [-0.4, -0.2) is 45.9 Å². The Balaban J connectivity index is 3.00. The van der Waals surface area contributed by atoms with Crippen LogP contribution in [0.15, 0.2) is 0 Å². The minimum atomic E-state index is 0.0193. The van der Waals surface area contributed by atoms with E-state index in [1.165, 1.54) is 0 Å². The molecule has 0 aliphatic rings. The molecule has 0 aliphatic carbocycles. The van der Waals surface area contributed by atoms with Crippen LogP contribution >= 0.6 is 11.6 Å². The van der Waals surface area contributed by atoms with Crippen LogP contribution in [0, 0.1) is 0 Å². The monoisotopic (exact) mass is 260 g/mol. The average molecular weight is 261 g/mol. The first kappa shape index (κ1) is 13.9. The second kappa shape index (κ2) is 6.56. The summed E-state index contributed by atoms with van der Waals surface area (Å²) in [5, 5.41) is 9.10. The summed E-state index contributed by atoms with van der Waals surface area (Å²) in [6.07, 6.45) is 0. The van der Waals surface area contributed by atoms with Crippen molar-refractivity contribution in [2.24, 2.45) is 0 Å². The number of aliphatic hydroxyl groups excluding tert-OH is 1. The van der Waals surface area contributed by atoms with Crippen LogP contribution in [0.5, 0.6) is 6.01 Å². The second-order valence-corrected chi connectivity index (χ2v) is 3.97. The highest BCUT2D eigenvalue weighted by atomic mass is 35.5. The van der Waals surface area contributed by atoms with Gasteiger partial charge in [0.25, 0.3) is 0 Å². The molecule has 0 amide bonds. The molecule has 0 saturated carbocycles. The van der Waals surface area contributed by atoms with Gasteiger partial charge in [-0.25, -0.2) is 0 Å². The van der Waals surface area contributed by atoms with E-state index in [0.29, 0.717) is 19.1 Å². The molecule has 1 aromatic rings. The molecule has 0 radical (unpaired) electrons. The van der Waals surface area contributed by atoms with E-state index in [-0.39, 0.29) is 23.9 Å². The highest BCUT2D eigenvalue weighted by Crippen LogP contribution is 2.16. The third-order valence-electron chi connectivity index (χ3n) is 2.07. The number of ether oxygens (including phenoxy) is 1. The zero-order valence-corrected chi connectivity index (χ0v) is 11.0. The molecule has 1 heterocycles. The van der Waals surface area contributed by atoms with Crippen LogP contribution in [0.4, 0.5) is 5.95 Å². The topological polar surface area (TPSA) is 71.4 Å². The van der Waals surface area contributed by atoms with Crippen molar-refractivity contribution in [1.82, 2.24) is 15.0 Å². The van der Waals surface area contributed by atoms with Crippen molar-refractivity contribution >= 4 is 17.5 Å². The highest BCUT2D eigenvalue weighted by molar-refractivity contribution is 6.28. The lowest BCUT2D eigenvalue weighted by atomic mass is 10.3. The molecule has 0 unspecified atom stereocenters. The summed E-state index contributed by atoms with van der Waals surface area (Å²) in [5.41, 5.74) is 0. The lowest BCUT2D eigenvalue weighted by Crippen LogP contribution is -2.35. The molecule has 0 saturated heterocycles. The van der Waals surface area contributed by atoms with E-state index in [2.05, 4.69) is 15.0 Å². The molecule has 0 aliphatic heterocycles. The van der Waals surface area contributed by atoms with Gasteiger partial charge in [0.15, 0.2) is 0 Å². The van der Waals surface area contributed by atoms with Crippen molar-refractivity contribution in [3.63, 3.8) is 0 Å². The normalized spacial score (nSPS) is 10.7. The van der Waals surface area contributed by atoms with Crippen molar-refractivity contribution in [2.45, 2.75) is 26.8 Å². The molecule has 1 aromatic heterocycles. The van der Waals surface area contributed by atoms with Gasteiger partial charge in [0.05, 0.1) is 13.2 Å². The van der Waals surface area contributed by atoms with Crippen molar-refractivity contribution < 1.29 is 9.84 Å². The number of hydrogen-bond donors (Lipinski definition) is 1. The van der Waals surface area contributed by atoms with E-state index < -0.39 is 0 Å². The van der Waals surface area contributed by atoms with Crippen molar-refractivity contribution in [1.29, 1.82) is 0 Å². The fraction of sp³-hybridized carbons (Fsp3) is 0.700. The predicted octanol–water partition coefficient (Wildman–Crippen LogP) is 1.13. The molecular weight excluding hydrogens is 244 g/mol. The molecule has 0 bridgehead atoms. The van der Waals surface area contributed by atoms with E-state index >= 15 is 0 Å². The van der Waals surface area contributed by atoms with Crippen molar-refractivity contribution in [2.75, 3.05) is 24.7 Å². The molecule has 7 heteroatoms. The van der Waals surface area contributed by atoms with Gasteiger partial charge in [-0.05, 0) is 32.4 Å². The summed E-state index contributed by atoms with van der Waals surface area (Å²) in [7, 11) is 0. The second-order valence-electron chi connectivity index (χ2n) is 3.63. The maximum atomic E-state index is 9.01. The molecule has 0 fully saturated rings. The SMILES string of the molecule is CCOc1nc(Cl)nc(N(CCO)C(C)C)n1. The molecule has 0 spiro atoms. The first-order valence-corrected chi connectivity index (χ1v) is 5.88. The van der Waals surface area contributed by atoms with Gasteiger partial charge in [-0.2, -0.15) is 15.0 Å². The molecule has 1 N–H and O–H groups in total. The number of rotatable bonds is 6. The molecule has 1 rings (SSSR count). The van der Waals surface area contributed by atoms with E-state index in [0.717, 1.165) is 0 Å². The summed E-state index contributed by atoms with van der Waals surface area (Å²) in [4.78, 5) is 13.9. The Bertz CT molecular complexity index is 362. The number of aliphatic hydroxyl groups is 1. The van der Waals surface area contributed by atoms with Gasteiger partial charge < -0.3 is 14.7 Å². The standard InChI is InChI=1S/C10H17ClN4O2/c1-4-17-10-13-8(11)12-9(14-10)15(5-6-16)7(2)3/h7,16H,4-6H2,1-3H3. The largest absolute Gasteiger partial charge is 0.464 e. The summed E-state index contributed by atoms with van der Waals surface area (Å²) in [5.74, 6) is 0.414. The average Bonchev–Trinajstić information content (AvgIpc) is 2.25. The lowest BCUT2D eigenvalue weighted by Gasteiger charge is -2.25. The predicted molar refractivity (Wildman–Crippen MR) is 65.6 cm³/mol. The number of anilines is 1. The summed E-state index contributed by atoms with van der Waals surface area (Å²) in [6, 6.07) is 0.348. The molecule has 6 nitrogen and oxygen atoms in total. The first-order valence-electron chi connectivity index (χ1n) is 5.50. The third-order valence-corrected chi connectivity index (χ3v) is 2.24. The van der Waals surface area contributed by atoms with Crippen LogP contribution in [-0.2, 0) is 0 Å². The number of halogens is 1. The zero-order chi connectivity index (χ0) is 12.8. The first-order chi connectivity index (χ1) is 8.08. The molecule has 96 valence electrons. The Labute approximate surface area is 106 Å². The highest BCUT2D eigenvalue weighted by Gasteiger charge is 2.15. The number of aromatic nitrogens is 3. The van der Waals surface area contributed by atoms with Crippen LogP contribution in [0.25, 0.3) is 0 Å². The Morgan fingerprint density at radius 3 is 2.59 bits per heavy atom. The smallest absolute Gasteiger partial charge is 0.322 e. The van der Waals surface area contributed by atoms with Crippen LogP contribution in [0.3, 0.4) is 0 Å². The molecule has 0 aromatic carbocycles. The quantitative estimate of drug-likeness (QED) is 0.827. The van der Waals surface area contributed by atoms with Crippen molar-refractivity contribution in [3.8, 4) is 6.01 Å². The fourth-order valence-electron chi connectivity index (χ4n) is 1.34. The molecular formula is C10H17ClN4O2. The zero-order valence-electron chi connectivity index (χ0n) is 10.2. The number of hydrogen-bond acceptors (Lipinski definition) is 6. The van der Waals surface area contributed by atoms with E-state index in [1.807, 2.05) is 25.7 Å². The summed E-state index contributed by atoms with van der Waals surface area (Å²) < 4.78 is 5.20. The molecule has 0 atom stereocenters. The molecule has 17 heavy (non-hydrogen) atoms. The maximum Gasteiger partial charge on any atom is 0.322 e. The van der Waals surface area contributed by atoms with Gasteiger partial charge in [-0.1, -0.05) is 0 Å². The number of nitrogens with zero attached hydrogens (tertiary/aromatic N) is 4. The van der Waals surface area contributed by atoms with Gasteiger partial charge in [0, 0.05) is 12.6 Å². The van der Waals surface area contributed by atoms with E-state index in [4.69, 9.17) is 21.4 Å². The lowest BCUT2D eigenvalue weighted by molar-refractivity contribution is 0.295. The Morgan fingerprint density at radius 1 is 1.35 bits per heavy atom. The van der Waals surface area contributed by atoms with Gasteiger partial charge in [0.2, 0.25) is 11.2 Å². The summed E-state index contributed by atoms with van der Waals surface area (Å²) in [6.45, 7) is 6.71. The minimum Gasteiger partial charge on any atom is -0.464 e. The third kappa shape index (κ3) is 3.98. The van der Waals surface area contributed by atoms with Crippen molar-refractivity contribution in [3.05, 3.63) is 5.28 Å². The Kier molecular flexibility index (Phi) is 5.37. The maximum absolute atomic E-state index is 9.01. The van der Waals surface area contributed by atoms with Gasteiger partial charge in [-0.15, -0.1) is 0 Å².